The zero-order valence-electron chi connectivity index (χ0n) is 11.9. The number of nitrogens with zero attached hydrogens (tertiary/aromatic N) is 3. The zero-order valence-corrected chi connectivity index (χ0v) is 12.7. The molecule has 1 aromatic heterocycles. The number of aromatic nitrogens is 2. The van der Waals surface area contributed by atoms with E-state index in [2.05, 4.69) is 9.59 Å². The Kier molecular flexibility index (Phi) is 4.08. The maximum absolute atomic E-state index is 12.6. The quantitative estimate of drug-likeness (QED) is 0.921. The predicted molar refractivity (Wildman–Crippen MR) is 74.9 cm³/mol. The molecule has 0 aromatic carbocycles. The fourth-order valence-electron chi connectivity index (χ4n) is 2.47. The monoisotopic (exact) mass is 297 g/mol. The first-order chi connectivity index (χ1) is 9.30. The highest BCUT2D eigenvalue weighted by Crippen LogP contribution is 2.29. The van der Waals surface area contributed by atoms with Crippen molar-refractivity contribution >= 4 is 23.4 Å². The Morgan fingerprint density at radius 3 is 2.75 bits per heavy atom. The highest BCUT2D eigenvalue weighted by atomic mass is 32.1. The highest BCUT2D eigenvalue weighted by Gasteiger charge is 2.35. The fourth-order valence-corrected chi connectivity index (χ4v) is 3.30. The molecule has 1 saturated heterocycles. The van der Waals surface area contributed by atoms with Gasteiger partial charge in [-0.1, -0.05) is 25.3 Å². The first-order valence-corrected chi connectivity index (χ1v) is 7.43. The van der Waals surface area contributed by atoms with Gasteiger partial charge in [-0.15, -0.1) is 5.10 Å². The Hall–Kier alpha value is -1.50. The van der Waals surface area contributed by atoms with Gasteiger partial charge in [0.15, 0.2) is 0 Å². The fraction of sp³-hybridized carbons (Fsp3) is 0.692. The second kappa shape index (κ2) is 5.47. The van der Waals surface area contributed by atoms with Gasteiger partial charge in [-0.05, 0) is 24.4 Å². The Morgan fingerprint density at radius 1 is 1.45 bits per heavy atom. The summed E-state index contributed by atoms with van der Waals surface area (Å²) in [6.45, 7) is 6.57. The van der Waals surface area contributed by atoms with Crippen LogP contribution in [0.25, 0.3) is 0 Å². The second-order valence-electron chi connectivity index (χ2n) is 6.09. The highest BCUT2D eigenvalue weighted by molar-refractivity contribution is 7.08. The van der Waals surface area contributed by atoms with Crippen molar-refractivity contribution in [2.45, 2.75) is 51.5 Å². The van der Waals surface area contributed by atoms with Crippen molar-refractivity contribution < 1.29 is 14.7 Å². The summed E-state index contributed by atoms with van der Waals surface area (Å²) >= 11 is 1.09. The normalized spacial score (nSPS) is 19.4. The van der Waals surface area contributed by atoms with Crippen molar-refractivity contribution in [2.75, 3.05) is 6.54 Å². The number of carbonyl (C=O) groups excluding carboxylic acids is 1. The maximum Gasteiger partial charge on any atom is 0.305 e. The maximum atomic E-state index is 12.6. The number of carbonyl (C=O) groups is 2. The van der Waals surface area contributed by atoms with Crippen LogP contribution in [0.15, 0.2) is 0 Å². The molecule has 2 heterocycles. The lowest BCUT2D eigenvalue weighted by Gasteiger charge is -2.24. The molecule has 1 N–H and O–H groups in total. The van der Waals surface area contributed by atoms with Gasteiger partial charge in [-0.3, -0.25) is 9.59 Å². The SMILES string of the molecule is CC(C)(C)c1nnsc1C(=O)N1CCCC1CC(=O)O. The van der Waals surface area contributed by atoms with Gasteiger partial charge in [-0.25, -0.2) is 0 Å². The van der Waals surface area contributed by atoms with Gasteiger partial charge in [0, 0.05) is 18.0 Å². The third-order valence-corrected chi connectivity index (χ3v) is 4.15. The summed E-state index contributed by atoms with van der Waals surface area (Å²) in [5, 5.41) is 13.0. The lowest BCUT2D eigenvalue weighted by Crippen LogP contribution is -2.37. The molecule has 1 amide bonds. The second-order valence-corrected chi connectivity index (χ2v) is 6.85. The van der Waals surface area contributed by atoms with Crippen LogP contribution in [-0.2, 0) is 10.2 Å². The first-order valence-electron chi connectivity index (χ1n) is 6.66. The molecule has 1 aromatic rings. The number of carboxylic acid groups (broad SMARTS) is 1. The number of carboxylic acids is 1. The summed E-state index contributed by atoms with van der Waals surface area (Å²) in [6.07, 6.45) is 1.60. The largest absolute Gasteiger partial charge is 0.481 e. The molecule has 20 heavy (non-hydrogen) atoms. The number of likely N-dealkylation sites (tertiary alicyclic amines) is 1. The Bertz CT molecular complexity index is 521. The van der Waals surface area contributed by atoms with E-state index in [0.717, 1.165) is 24.4 Å². The number of amides is 1. The van der Waals surface area contributed by atoms with Gasteiger partial charge in [0.2, 0.25) is 0 Å². The van der Waals surface area contributed by atoms with Crippen molar-refractivity contribution in [3.8, 4) is 0 Å². The van der Waals surface area contributed by atoms with Gasteiger partial charge >= 0.3 is 5.97 Å². The molecular weight excluding hydrogens is 278 g/mol. The van der Waals surface area contributed by atoms with E-state index in [1.54, 1.807) is 4.90 Å². The molecule has 7 heteroatoms. The Morgan fingerprint density at radius 2 is 2.15 bits per heavy atom. The molecule has 1 fully saturated rings. The van der Waals surface area contributed by atoms with Gasteiger partial charge in [0.25, 0.3) is 5.91 Å². The van der Waals surface area contributed by atoms with Crippen LogP contribution in [0, 0.1) is 0 Å². The number of aliphatic carboxylic acids is 1. The van der Waals surface area contributed by atoms with Crippen molar-refractivity contribution in [3.05, 3.63) is 10.6 Å². The lowest BCUT2D eigenvalue weighted by atomic mass is 9.91. The Balaban J connectivity index is 2.23. The van der Waals surface area contributed by atoms with Crippen LogP contribution in [0.4, 0.5) is 0 Å². The number of hydrogen-bond donors (Lipinski definition) is 1. The minimum absolute atomic E-state index is 0.00280. The molecule has 0 radical (unpaired) electrons. The minimum atomic E-state index is -0.867. The van der Waals surface area contributed by atoms with Crippen LogP contribution in [-0.4, -0.2) is 44.1 Å². The molecule has 1 aliphatic heterocycles. The van der Waals surface area contributed by atoms with Crippen LogP contribution in [0.5, 0.6) is 0 Å². The minimum Gasteiger partial charge on any atom is -0.481 e. The molecular formula is C13H19N3O3S. The van der Waals surface area contributed by atoms with E-state index in [1.165, 1.54) is 0 Å². The standard InChI is InChI=1S/C13H19N3O3S/c1-13(2,3)11-10(20-15-14-11)12(19)16-6-4-5-8(16)7-9(17)18/h8H,4-7H2,1-3H3,(H,17,18). The lowest BCUT2D eigenvalue weighted by molar-refractivity contribution is -0.137. The Labute approximate surface area is 122 Å². The molecule has 2 rings (SSSR count). The van der Waals surface area contributed by atoms with Crippen LogP contribution in [0.2, 0.25) is 0 Å². The summed E-state index contributed by atoms with van der Waals surface area (Å²) in [5.41, 5.74) is 0.438. The predicted octanol–water partition coefficient (Wildman–Crippen LogP) is 1.91. The average molecular weight is 297 g/mol. The van der Waals surface area contributed by atoms with Crippen molar-refractivity contribution in [1.82, 2.24) is 14.5 Å². The van der Waals surface area contributed by atoms with E-state index in [4.69, 9.17) is 5.11 Å². The molecule has 110 valence electrons. The summed E-state index contributed by atoms with van der Waals surface area (Å²) in [6, 6.07) is -0.213. The van der Waals surface area contributed by atoms with E-state index in [1.807, 2.05) is 20.8 Å². The van der Waals surface area contributed by atoms with E-state index >= 15 is 0 Å². The molecule has 1 atom stereocenters. The molecule has 0 bridgehead atoms. The summed E-state index contributed by atoms with van der Waals surface area (Å²) in [7, 11) is 0. The third-order valence-electron chi connectivity index (χ3n) is 3.44. The zero-order chi connectivity index (χ0) is 14.9. The molecule has 0 saturated carbocycles. The van der Waals surface area contributed by atoms with Gasteiger partial charge in [-0.2, -0.15) is 0 Å². The van der Waals surface area contributed by atoms with Gasteiger partial charge in [0.05, 0.1) is 12.1 Å². The molecule has 6 nitrogen and oxygen atoms in total. The van der Waals surface area contributed by atoms with E-state index in [0.29, 0.717) is 17.1 Å². The average Bonchev–Trinajstić information content (AvgIpc) is 2.93. The summed E-state index contributed by atoms with van der Waals surface area (Å²) < 4.78 is 3.89. The summed E-state index contributed by atoms with van der Waals surface area (Å²) in [5.74, 6) is -0.998. The van der Waals surface area contributed by atoms with E-state index < -0.39 is 5.97 Å². The van der Waals surface area contributed by atoms with Gasteiger partial charge in [0.1, 0.15) is 4.88 Å². The van der Waals surface area contributed by atoms with Crippen LogP contribution in [0.3, 0.4) is 0 Å². The number of hydrogen-bond acceptors (Lipinski definition) is 5. The molecule has 1 aliphatic rings. The van der Waals surface area contributed by atoms with Crippen molar-refractivity contribution in [2.24, 2.45) is 0 Å². The smallest absolute Gasteiger partial charge is 0.305 e. The summed E-state index contributed by atoms with van der Waals surface area (Å²) in [4.78, 5) is 25.7. The van der Waals surface area contributed by atoms with Gasteiger partial charge < -0.3 is 10.0 Å². The van der Waals surface area contributed by atoms with Crippen molar-refractivity contribution in [3.63, 3.8) is 0 Å². The number of rotatable bonds is 3. The van der Waals surface area contributed by atoms with Crippen molar-refractivity contribution in [1.29, 1.82) is 0 Å². The van der Waals surface area contributed by atoms with Crippen LogP contribution >= 0.6 is 11.5 Å². The van der Waals surface area contributed by atoms with E-state index in [9.17, 15) is 9.59 Å². The van der Waals surface area contributed by atoms with E-state index in [-0.39, 0.29) is 23.8 Å². The topological polar surface area (TPSA) is 83.4 Å². The first kappa shape index (κ1) is 14.9. The third kappa shape index (κ3) is 2.98. The van der Waals surface area contributed by atoms with Crippen LogP contribution in [0.1, 0.15) is 55.4 Å². The molecule has 1 unspecified atom stereocenters. The molecule has 0 aliphatic carbocycles. The molecule has 0 spiro atoms. The van der Waals surface area contributed by atoms with Crippen LogP contribution < -0.4 is 0 Å².